The van der Waals surface area contributed by atoms with E-state index in [-0.39, 0.29) is 18.9 Å². The van der Waals surface area contributed by atoms with Crippen LogP contribution in [0.1, 0.15) is 50.5 Å². The van der Waals surface area contributed by atoms with Crippen molar-refractivity contribution >= 4 is 33.0 Å². The molecular weight excluding hydrogens is 514 g/mol. The molecule has 2 fully saturated rings. The Morgan fingerprint density at radius 2 is 1.95 bits per heavy atom. The van der Waals surface area contributed by atoms with Gasteiger partial charge in [0.2, 0.25) is 0 Å². The fraction of sp³-hybridized carbons (Fsp3) is 0.462. The van der Waals surface area contributed by atoms with E-state index in [1.165, 1.54) is 34.2 Å². The average molecular weight is 544 g/mol. The molecule has 2 amide bonds. The highest BCUT2D eigenvalue weighted by atomic mass is 32.2. The third-order valence-electron chi connectivity index (χ3n) is 7.67. The summed E-state index contributed by atoms with van der Waals surface area (Å²) in [4.78, 5) is 30.3. The molecule has 196 valence electrons. The van der Waals surface area contributed by atoms with Gasteiger partial charge in [0.15, 0.2) is 14.6 Å². The first-order valence-corrected chi connectivity index (χ1v) is 14.8. The lowest BCUT2D eigenvalue weighted by Crippen LogP contribution is -2.58. The van der Waals surface area contributed by atoms with Gasteiger partial charge in [-0.2, -0.15) is 0 Å². The van der Waals surface area contributed by atoms with Crippen LogP contribution in [0.2, 0.25) is 0 Å². The minimum absolute atomic E-state index is 0.0672. The van der Waals surface area contributed by atoms with Gasteiger partial charge < -0.3 is 9.64 Å². The van der Waals surface area contributed by atoms with Gasteiger partial charge in [-0.1, -0.05) is 24.0 Å². The number of carbonyl (C=O) groups excluding carboxylic acids is 2. The van der Waals surface area contributed by atoms with Gasteiger partial charge in [-0.25, -0.2) is 13.9 Å². The summed E-state index contributed by atoms with van der Waals surface area (Å²) in [6, 6.07) is 10.8. The van der Waals surface area contributed by atoms with Gasteiger partial charge >= 0.3 is 0 Å². The first-order valence-electron chi connectivity index (χ1n) is 12.1. The van der Waals surface area contributed by atoms with Crippen LogP contribution in [0.25, 0.3) is 0 Å². The van der Waals surface area contributed by atoms with E-state index in [1.807, 2.05) is 18.2 Å². The number of amides is 2. The molecule has 2 aromatic rings. The second kappa shape index (κ2) is 9.85. The molecule has 2 saturated heterocycles. The number of thiophene rings is 1. The van der Waals surface area contributed by atoms with Crippen molar-refractivity contribution in [2.45, 2.75) is 36.6 Å². The summed E-state index contributed by atoms with van der Waals surface area (Å²) in [6.45, 7) is 5.49. The van der Waals surface area contributed by atoms with Crippen LogP contribution in [0, 0.1) is 11.8 Å². The van der Waals surface area contributed by atoms with Crippen molar-refractivity contribution in [2.24, 2.45) is 0 Å². The van der Waals surface area contributed by atoms with Gasteiger partial charge in [-0.15, -0.1) is 11.3 Å². The van der Waals surface area contributed by atoms with Gasteiger partial charge in [-0.3, -0.25) is 19.7 Å². The lowest BCUT2D eigenvalue weighted by atomic mass is 9.89. The van der Waals surface area contributed by atoms with Gasteiger partial charge in [0.05, 0.1) is 29.0 Å². The highest BCUT2D eigenvalue weighted by molar-refractivity contribution is 7.92. The zero-order chi connectivity index (χ0) is 26.4. The number of rotatable bonds is 7. The quantitative estimate of drug-likeness (QED) is 0.310. The Kier molecular flexibility index (Phi) is 6.89. The molecule has 0 radical (unpaired) electrons. The van der Waals surface area contributed by atoms with Crippen LogP contribution >= 0.6 is 11.3 Å². The number of hydrogen-bond donors (Lipinski definition) is 2. The van der Waals surface area contributed by atoms with Crippen molar-refractivity contribution in [3.8, 4) is 11.8 Å². The molecule has 11 heteroatoms. The Morgan fingerprint density at radius 3 is 2.51 bits per heavy atom. The Hall–Kier alpha value is -2.75. The summed E-state index contributed by atoms with van der Waals surface area (Å²) in [5.74, 6) is 5.67. The Labute approximate surface area is 220 Å². The van der Waals surface area contributed by atoms with Crippen molar-refractivity contribution < 1.29 is 28.0 Å². The van der Waals surface area contributed by atoms with E-state index < -0.39 is 20.5 Å². The van der Waals surface area contributed by atoms with E-state index in [9.17, 15) is 18.0 Å². The number of benzene rings is 1. The van der Waals surface area contributed by atoms with Crippen molar-refractivity contribution in [2.75, 3.05) is 39.1 Å². The predicted octanol–water partition coefficient (Wildman–Crippen LogP) is 1.60. The summed E-state index contributed by atoms with van der Waals surface area (Å²) in [7, 11) is -3.82. The van der Waals surface area contributed by atoms with Crippen LogP contribution in [-0.4, -0.2) is 85.1 Å². The summed E-state index contributed by atoms with van der Waals surface area (Å²) in [6.07, 6.45) is 0.811. The topological polar surface area (TPSA) is 116 Å². The fourth-order valence-electron chi connectivity index (χ4n) is 4.75. The maximum Gasteiger partial charge on any atom is 0.264 e. The third-order valence-corrected chi connectivity index (χ3v) is 10.8. The summed E-state index contributed by atoms with van der Waals surface area (Å²) < 4.78 is 27.8. The number of sulfone groups is 1. The second-order valence-electron chi connectivity index (χ2n) is 10.1. The standard InChI is InChI=1S/C26H29N3O6S2/c1-26(25(31)27-32,37(2,33)34)9-10-28-12-19-11-22(36-23(19)24(28)30)8-5-17-3-6-18(7-4-17)20-13-29(14-20)21-15-35-16-21/h3-4,6-7,11,20-21,32H,9-10,12-16H2,1-2H3,(H,27,31). The normalized spacial score (nSPS) is 19.9. The monoisotopic (exact) mass is 543 g/mol. The van der Waals surface area contributed by atoms with Crippen LogP contribution in [0.15, 0.2) is 30.3 Å². The van der Waals surface area contributed by atoms with Crippen LogP contribution in [-0.2, 0) is 25.9 Å². The van der Waals surface area contributed by atoms with Crippen molar-refractivity contribution in [1.29, 1.82) is 0 Å². The molecule has 1 atom stereocenters. The SMILES string of the molecule is CC(CCN1Cc2cc(C#Cc3ccc(C4CN(C5COC5)C4)cc3)sc2C1=O)(C(=O)NO)S(C)(=O)=O. The number of hydrogen-bond acceptors (Lipinski definition) is 8. The van der Waals surface area contributed by atoms with Crippen LogP contribution in [0.5, 0.6) is 0 Å². The molecule has 3 aliphatic rings. The minimum Gasteiger partial charge on any atom is -0.378 e. The van der Waals surface area contributed by atoms with E-state index >= 15 is 0 Å². The zero-order valence-corrected chi connectivity index (χ0v) is 22.3. The molecule has 3 aliphatic heterocycles. The van der Waals surface area contributed by atoms with Gasteiger partial charge in [0, 0.05) is 43.9 Å². The number of hydroxylamine groups is 1. The van der Waals surface area contributed by atoms with E-state index in [1.54, 1.807) is 0 Å². The lowest BCUT2D eigenvalue weighted by Gasteiger charge is -2.47. The number of ether oxygens (including phenoxy) is 1. The maximum atomic E-state index is 12.9. The molecule has 5 rings (SSSR count). The number of nitrogens with zero attached hydrogens (tertiary/aromatic N) is 2. The van der Waals surface area contributed by atoms with Crippen molar-refractivity contribution in [1.82, 2.24) is 15.3 Å². The smallest absolute Gasteiger partial charge is 0.264 e. The molecule has 1 unspecified atom stereocenters. The molecule has 0 bridgehead atoms. The van der Waals surface area contributed by atoms with Crippen LogP contribution in [0.4, 0.5) is 0 Å². The number of likely N-dealkylation sites (tertiary alicyclic amines) is 1. The molecule has 2 N–H and O–H groups in total. The summed E-state index contributed by atoms with van der Waals surface area (Å²) in [5, 5.41) is 8.98. The molecule has 0 spiro atoms. The molecule has 0 aliphatic carbocycles. The highest BCUT2D eigenvalue weighted by Crippen LogP contribution is 2.33. The van der Waals surface area contributed by atoms with Gasteiger partial charge in [0.25, 0.3) is 11.8 Å². The van der Waals surface area contributed by atoms with E-state index in [0.717, 1.165) is 48.6 Å². The molecule has 1 aromatic carbocycles. The van der Waals surface area contributed by atoms with Crippen molar-refractivity contribution in [3.05, 3.63) is 56.8 Å². The van der Waals surface area contributed by atoms with Crippen molar-refractivity contribution in [3.63, 3.8) is 0 Å². The zero-order valence-electron chi connectivity index (χ0n) is 20.7. The highest BCUT2D eigenvalue weighted by Gasteiger charge is 2.44. The molecule has 9 nitrogen and oxygen atoms in total. The molecule has 0 saturated carbocycles. The number of nitrogens with one attached hydrogen (secondary N) is 1. The first kappa shape index (κ1) is 25.9. The van der Waals surface area contributed by atoms with E-state index in [2.05, 4.69) is 28.9 Å². The maximum absolute atomic E-state index is 12.9. The number of carbonyl (C=O) groups is 2. The molecule has 1 aromatic heterocycles. The van der Waals surface area contributed by atoms with Crippen LogP contribution < -0.4 is 5.48 Å². The van der Waals surface area contributed by atoms with Gasteiger partial charge in [0.1, 0.15) is 0 Å². The summed E-state index contributed by atoms with van der Waals surface area (Å²) in [5.41, 5.74) is 4.51. The summed E-state index contributed by atoms with van der Waals surface area (Å²) >= 11 is 1.32. The Morgan fingerprint density at radius 1 is 1.24 bits per heavy atom. The van der Waals surface area contributed by atoms with E-state index in [0.29, 0.717) is 23.4 Å². The average Bonchev–Trinajstić information content (AvgIpc) is 3.34. The minimum atomic E-state index is -3.82. The predicted molar refractivity (Wildman–Crippen MR) is 138 cm³/mol. The Bertz CT molecular complexity index is 1380. The second-order valence-corrected chi connectivity index (χ2v) is 13.6. The molecule has 4 heterocycles. The van der Waals surface area contributed by atoms with E-state index in [4.69, 9.17) is 9.94 Å². The lowest BCUT2D eigenvalue weighted by molar-refractivity contribution is -0.131. The Balaban J connectivity index is 1.18. The molecule has 37 heavy (non-hydrogen) atoms. The van der Waals surface area contributed by atoms with Gasteiger partial charge in [-0.05, 0) is 42.7 Å². The number of fused-ring (bicyclic) bond motifs is 1. The molecular formula is C26H29N3O6S2. The fourth-order valence-corrected chi connectivity index (χ4v) is 6.59. The largest absolute Gasteiger partial charge is 0.378 e. The third kappa shape index (κ3) is 4.92. The first-order chi connectivity index (χ1) is 17.6. The van der Waals surface area contributed by atoms with Crippen LogP contribution in [0.3, 0.4) is 0 Å².